The Balaban J connectivity index is 1.22. The molecule has 3 heterocycles. The number of hydrogen-bond donors (Lipinski definition) is 0. The molecule has 0 saturated carbocycles. The van der Waals surface area contributed by atoms with Gasteiger partial charge in [-0.3, -0.25) is 0 Å². The number of fused-ring (bicyclic) bond motifs is 7. The highest BCUT2D eigenvalue weighted by atomic mass is 32.1. The third-order valence-electron chi connectivity index (χ3n) is 9.17. The molecule has 3 aromatic heterocycles. The standard InChI is InChI=1S/C43H25N3OS/c1-2-12-26(13-3-1)41-44-42(46-43(45-41)35-22-10-20-32-30-14-5-7-25-38(30)48-40(32)35)33-21-9-16-27-28(17-8-18-29(27)33)31-19-11-24-37-39(31)34-15-4-6-23-36(34)47-37/h1-25H. The summed E-state index contributed by atoms with van der Waals surface area (Å²) in [5, 5.41) is 6.90. The fraction of sp³-hybridized carbons (Fsp3) is 0. The molecule has 224 valence electrons. The summed E-state index contributed by atoms with van der Waals surface area (Å²) in [6.45, 7) is 0. The zero-order chi connectivity index (χ0) is 31.6. The first-order chi connectivity index (χ1) is 23.8. The van der Waals surface area contributed by atoms with Crippen LogP contribution in [-0.2, 0) is 0 Å². The molecular weight excluding hydrogens is 607 g/mol. The van der Waals surface area contributed by atoms with Gasteiger partial charge in [-0.25, -0.2) is 15.0 Å². The minimum atomic E-state index is 0.645. The van der Waals surface area contributed by atoms with Crippen LogP contribution in [0.1, 0.15) is 0 Å². The van der Waals surface area contributed by atoms with Gasteiger partial charge in [0.25, 0.3) is 0 Å². The Morgan fingerprint density at radius 2 is 0.938 bits per heavy atom. The summed E-state index contributed by atoms with van der Waals surface area (Å²) < 4.78 is 8.68. The van der Waals surface area contributed by atoms with Crippen molar-refractivity contribution in [3.63, 3.8) is 0 Å². The molecule has 0 N–H and O–H groups in total. The van der Waals surface area contributed by atoms with Crippen LogP contribution in [0, 0.1) is 0 Å². The van der Waals surface area contributed by atoms with Gasteiger partial charge in [-0.2, -0.15) is 0 Å². The molecule has 0 saturated heterocycles. The van der Waals surface area contributed by atoms with E-state index in [4.69, 9.17) is 19.4 Å². The van der Waals surface area contributed by atoms with Crippen LogP contribution in [0.5, 0.6) is 0 Å². The summed E-state index contributed by atoms with van der Waals surface area (Å²) in [5.41, 5.74) is 6.96. The van der Waals surface area contributed by atoms with Crippen LogP contribution >= 0.6 is 11.3 Å². The van der Waals surface area contributed by atoms with E-state index < -0.39 is 0 Å². The first-order valence-corrected chi connectivity index (χ1v) is 16.8. The van der Waals surface area contributed by atoms with E-state index in [1.165, 1.54) is 20.2 Å². The Morgan fingerprint density at radius 1 is 0.375 bits per heavy atom. The largest absolute Gasteiger partial charge is 0.456 e. The number of nitrogens with zero attached hydrogens (tertiary/aromatic N) is 3. The average Bonchev–Trinajstić information content (AvgIpc) is 3.73. The van der Waals surface area contributed by atoms with Crippen molar-refractivity contribution in [2.24, 2.45) is 0 Å². The molecule has 5 heteroatoms. The fourth-order valence-corrected chi connectivity index (χ4v) is 8.21. The van der Waals surface area contributed by atoms with E-state index in [-0.39, 0.29) is 0 Å². The summed E-state index contributed by atoms with van der Waals surface area (Å²) in [6, 6.07) is 52.6. The Bertz CT molecular complexity index is 2850. The molecule has 0 aliphatic rings. The van der Waals surface area contributed by atoms with E-state index in [1.54, 1.807) is 11.3 Å². The molecule has 0 bridgehead atoms. The topological polar surface area (TPSA) is 51.8 Å². The van der Waals surface area contributed by atoms with Crippen molar-refractivity contribution >= 4 is 64.2 Å². The highest BCUT2D eigenvalue weighted by Gasteiger charge is 2.19. The Kier molecular flexibility index (Phi) is 6.01. The second-order valence-electron chi connectivity index (χ2n) is 11.9. The lowest BCUT2D eigenvalue weighted by Gasteiger charge is -2.13. The lowest BCUT2D eigenvalue weighted by atomic mass is 9.93. The monoisotopic (exact) mass is 631 g/mol. The molecule has 4 nitrogen and oxygen atoms in total. The quantitative estimate of drug-likeness (QED) is 0.194. The SMILES string of the molecule is c1ccc(-c2nc(-c3cccc4c(-c5cccc6oc7ccccc7c56)cccc34)nc(-c3cccc4c3sc3ccccc34)n2)cc1. The average molecular weight is 632 g/mol. The Hall–Kier alpha value is -6.17. The molecule has 48 heavy (non-hydrogen) atoms. The summed E-state index contributed by atoms with van der Waals surface area (Å²) in [4.78, 5) is 15.4. The van der Waals surface area contributed by atoms with Gasteiger partial charge in [-0.15, -0.1) is 11.3 Å². The molecule has 0 spiro atoms. The number of hydrogen-bond acceptors (Lipinski definition) is 5. The van der Waals surface area contributed by atoms with E-state index in [0.717, 1.165) is 60.5 Å². The smallest absolute Gasteiger partial charge is 0.165 e. The number of benzene rings is 7. The highest BCUT2D eigenvalue weighted by molar-refractivity contribution is 7.26. The maximum absolute atomic E-state index is 6.25. The molecule has 0 atom stereocenters. The van der Waals surface area contributed by atoms with Gasteiger partial charge in [-0.1, -0.05) is 127 Å². The molecule has 0 fully saturated rings. The third kappa shape index (κ3) is 4.18. The number of rotatable bonds is 4. The zero-order valence-electron chi connectivity index (χ0n) is 25.6. The summed E-state index contributed by atoms with van der Waals surface area (Å²) in [5.74, 6) is 1.96. The van der Waals surface area contributed by atoms with Crippen LogP contribution in [0.4, 0.5) is 0 Å². The van der Waals surface area contributed by atoms with Crippen molar-refractivity contribution in [1.29, 1.82) is 0 Å². The van der Waals surface area contributed by atoms with Crippen LogP contribution < -0.4 is 0 Å². The summed E-state index contributed by atoms with van der Waals surface area (Å²) in [7, 11) is 0. The van der Waals surface area contributed by atoms with Gasteiger partial charge in [-0.05, 0) is 46.2 Å². The third-order valence-corrected chi connectivity index (χ3v) is 10.4. The van der Waals surface area contributed by atoms with Crippen molar-refractivity contribution in [3.8, 4) is 45.3 Å². The van der Waals surface area contributed by atoms with Gasteiger partial charge in [0.15, 0.2) is 17.5 Å². The van der Waals surface area contributed by atoms with Crippen molar-refractivity contribution in [2.45, 2.75) is 0 Å². The first kappa shape index (κ1) is 27.0. The molecule has 10 rings (SSSR count). The van der Waals surface area contributed by atoms with Crippen LogP contribution in [0.3, 0.4) is 0 Å². The Morgan fingerprint density at radius 3 is 1.79 bits per heavy atom. The first-order valence-electron chi connectivity index (χ1n) is 15.9. The summed E-state index contributed by atoms with van der Waals surface area (Å²) in [6.07, 6.45) is 0. The lowest BCUT2D eigenvalue weighted by Crippen LogP contribution is -2.00. The van der Waals surface area contributed by atoms with Crippen molar-refractivity contribution in [1.82, 2.24) is 15.0 Å². The molecular formula is C43H25N3OS. The number of para-hydroxylation sites is 1. The Labute approximate surface area is 279 Å². The molecule has 0 unspecified atom stereocenters. The van der Waals surface area contributed by atoms with Gasteiger partial charge in [0.2, 0.25) is 0 Å². The van der Waals surface area contributed by atoms with Crippen molar-refractivity contribution in [3.05, 3.63) is 152 Å². The number of aromatic nitrogens is 3. The maximum Gasteiger partial charge on any atom is 0.165 e. The summed E-state index contributed by atoms with van der Waals surface area (Å²) >= 11 is 1.78. The minimum Gasteiger partial charge on any atom is -0.456 e. The number of furan rings is 1. The highest BCUT2D eigenvalue weighted by Crippen LogP contribution is 2.42. The van der Waals surface area contributed by atoms with E-state index >= 15 is 0 Å². The molecule has 0 aliphatic carbocycles. The fourth-order valence-electron chi connectivity index (χ4n) is 7.00. The molecule has 0 amide bonds. The van der Waals surface area contributed by atoms with Crippen LogP contribution in [0.2, 0.25) is 0 Å². The molecule has 10 aromatic rings. The second-order valence-corrected chi connectivity index (χ2v) is 13.0. The van der Waals surface area contributed by atoms with Gasteiger partial charge in [0.1, 0.15) is 11.2 Å². The molecule has 0 radical (unpaired) electrons. The van der Waals surface area contributed by atoms with Crippen LogP contribution in [-0.4, -0.2) is 15.0 Å². The van der Waals surface area contributed by atoms with Crippen molar-refractivity contribution < 1.29 is 4.42 Å². The number of thiophene rings is 1. The zero-order valence-corrected chi connectivity index (χ0v) is 26.4. The maximum atomic E-state index is 6.25. The van der Waals surface area contributed by atoms with Crippen LogP contribution in [0.15, 0.2) is 156 Å². The van der Waals surface area contributed by atoms with E-state index in [2.05, 4.69) is 115 Å². The minimum absolute atomic E-state index is 0.645. The predicted octanol–water partition coefficient (Wildman–Crippen LogP) is 12.0. The van der Waals surface area contributed by atoms with Gasteiger partial charge in [0, 0.05) is 47.6 Å². The van der Waals surface area contributed by atoms with Crippen LogP contribution in [0.25, 0.3) is 98.2 Å². The van der Waals surface area contributed by atoms with Gasteiger partial charge < -0.3 is 4.42 Å². The van der Waals surface area contributed by atoms with Gasteiger partial charge in [0.05, 0.1) is 0 Å². The lowest BCUT2D eigenvalue weighted by molar-refractivity contribution is 0.669. The van der Waals surface area contributed by atoms with Gasteiger partial charge >= 0.3 is 0 Å². The molecule has 7 aromatic carbocycles. The van der Waals surface area contributed by atoms with Crippen molar-refractivity contribution in [2.75, 3.05) is 0 Å². The van der Waals surface area contributed by atoms with E-state index in [9.17, 15) is 0 Å². The molecule has 0 aliphatic heterocycles. The van der Waals surface area contributed by atoms with E-state index in [1.807, 2.05) is 36.4 Å². The van der Waals surface area contributed by atoms with E-state index in [0.29, 0.717) is 17.5 Å². The predicted molar refractivity (Wildman–Crippen MR) is 199 cm³/mol. The normalized spacial score (nSPS) is 11.8. The second kappa shape index (κ2) is 10.7.